The lowest BCUT2D eigenvalue weighted by molar-refractivity contribution is -0.302. The van der Waals surface area contributed by atoms with Gasteiger partial charge in [0.2, 0.25) is 5.79 Å². The molecule has 2 N–H and O–H groups in total. The molecule has 0 aromatic carbocycles. The summed E-state index contributed by atoms with van der Waals surface area (Å²) in [6, 6.07) is -1.09. The number of Topliss-reactive ketones (excluding diaryl/α,β-unsaturated/α-hetero) is 2. The number of carbonyl (C=O) groups excluding carboxylic acids is 4. The van der Waals surface area contributed by atoms with Crippen LogP contribution in [0.4, 0.5) is 4.39 Å². The number of nitrogens with zero attached hydrogens (tertiary/aromatic N) is 1. The quantitative estimate of drug-likeness (QED) is 0.159. The maximum absolute atomic E-state index is 16.2. The minimum Gasteiger partial charge on any atom is -0.456 e. The van der Waals surface area contributed by atoms with E-state index in [0.29, 0.717) is 57.1 Å². The van der Waals surface area contributed by atoms with Gasteiger partial charge in [-0.25, -0.2) is 9.18 Å². The minimum atomic E-state index is -2.57. The SMILES string of the molecule is C/C=C/COC1CC(C=C(C)C2OC(=O)C3CCCCN3C(=O)C(=O)C3(O)OC(C(OC)CC(C)C(F)/C(C)=C/C(CC)C(=O)CCC2C)C(OC)CC3C)CCC1O. The largest absolute Gasteiger partial charge is 0.456 e. The molecule has 3 heterocycles. The van der Waals surface area contributed by atoms with Crippen LogP contribution in [0.5, 0.6) is 0 Å². The number of amides is 1. The molecule has 0 spiro atoms. The van der Waals surface area contributed by atoms with Crippen LogP contribution in [0.15, 0.2) is 35.5 Å². The Kier molecular flexibility index (Phi) is 18.5. The fraction of sp³-hybridized carbons (Fsp3) is 0.783. The number of cyclic esters (lactones) is 1. The number of piperidine rings is 1. The highest BCUT2D eigenvalue weighted by Gasteiger charge is 2.56. The van der Waals surface area contributed by atoms with Gasteiger partial charge in [-0.15, -0.1) is 0 Å². The van der Waals surface area contributed by atoms with Gasteiger partial charge in [-0.3, -0.25) is 14.4 Å². The van der Waals surface area contributed by atoms with Gasteiger partial charge < -0.3 is 38.8 Å². The molecule has 0 radical (unpaired) electrons. The second-order valence-corrected chi connectivity index (χ2v) is 17.7. The molecule has 59 heavy (non-hydrogen) atoms. The molecule has 0 aromatic heterocycles. The summed E-state index contributed by atoms with van der Waals surface area (Å²) in [5, 5.41) is 22.7. The molecule has 1 amide bonds. The first kappa shape index (κ1) is 48.9. The summed E-state index contributed by atoms with van der Waals surface area (Å²) in [6.07, 6.45) is 6.46. The second kappa shape index (κ2) is 22.3. The van der Waals surface area contributed by atoms with Crippen LogP contribution < -0.4 is 0 Å². The number of aliphatic hydroxyl groups excluding tert-OH is 1. The fourth-order valence-electron chi connectivity index (χ4n) is 9.50. The third-order valence-electron chi connectivity index (χ3n) is 13.3. The smallest absolute Gasteiger partial charge is 0.329 e. The number of rotatable bonds is 8. The second-order valence-electron chi connectivity index (χ2n) is 17.7. The molecule has 13 heteroatoms. The number of halogens is 1. The number of ether oxygens (including phenoxy) is 5. The maximum Gasteiger partial charge on any atom is 0.329 e. The van der Waals surface area contributed by atoms with Crippen molar-refractivity contribution in [1.29, 1.82) is 0 Å². The predicted molar refractivity (Wildman–Crippen MR) is 221 cm³/mol. The van der Waals surface area contributed by atoms with Crippen molar-refractivity contribution in [3.05, 3.63) is 35.5 Å². The number of allylic oxidation sites excluding steroid dienone is 4. The maximum atomic E-state index is 16.2. The number of aliphatic hydroxyl groups is 2. The summed E-state index contributed by atoms with van der Waals surface area (Å²) in [5.41, 5.74) is 1.19. The number of ketones is 2. The van der Waals surface area contributed by atoms with Crippen LogP contribution >= 0.6 is 0 Å². The van der Waals surface area contributed by atoms with E-state index >= 15 is 4.39 Å². The average molecular weight is 834 g/mol. The molecular formula is C46H72FNO11. The molecular weight excluding hydrogens is 761 g/mol. The number of hydrogen-bond donors (Lipinski definition) is 2. The van der Waals surface area contributed by atoms with Gasteiger partial charge in [0, 0.05) is 39.0 Å². The first-order valence-corrected chi connectivity index (χ1v) is 22.0. The van der Waals surface area contributed by atoms with Crippen molar-refractivity contribution in [2.75, 3.05) is 27.4 Å². The monoisotopic (exact) mass is 834 g/mol. The third kappa shape index (κ3) is 12.0. The van der Waals surface area contributed by atoms with E-state index < -0.39 is 83.9 Å². The first-order chi connectivity index (χ1) is 28.0. The van der Waals surface area contributed by atoms with E-state index in [2.05, 4.69) is 6.08 Å². The van der Waals surface area contributed by atoms with E-state index in [-0.39, 0.29) is 56.0 Å². The highest BCUT2D eigenvalue weighted by Crippen LogP contribution is 2.39. The van der Waals surface area contributed by atoms with Gasteiger partial charge in [-0.2, -0.15) is 0 Å². The zero-order valence-corrected chi connectivity index (χ0v) is 36.9. The van der Waals surface area contributed by atoms with Crippen molar-refractivity contribution in [3.63, 3.8) is 0 Å². The summed E-state index contributed by atoms with van der Waals surface area (Å²) in [4.78, 5) is 57.8. The molecule has 4 rings (SSSR count). The zero-order valence-electron chi connectivity index (χ0n) is 36.9. The molecule has 1 saturated carbocycles. The predicted octanol–water partition coefficient (Wildman–Crippen LogP) is 6.40. The Bertz CT molecular complexity index is 1530. The van der Waals surface area contributed by atoms with Crippen LogP contribution in [-0.2, 0) is 42.9 Å². The van der Waals surface area contributed by atoms with Crippen molar-refractivity contribution in [2.24, 2.45) is 29.6 Å². The summed E-state index contributed by atoms with van der Waals surface area (Å²) in [7, 11) is 2.92. The Hall–Kier alpha value is -2.81. The van der Waals surface area contributed by atoms with Crippen molar-refractivity contribution in [3.8, 4) is 0 Å². The van der Waals surface area contributed by atoms with Gasteiger partial charge in [0.25, 0.3) is 11.7 Å². The molecule has 3 aliphatic heterocycles. The molecule has 12 nitrogen and oxygen atoms in total. The molecule has 0 aromatic rings. The highest BCUT2D eigenvalue weighted by molar-refractivity contribution is 6.39. The lowest BCUT2D eigenvalue weighted by atomic mass is 9.81. The number of esters is 1. The number of alkyl halides is 1. The first-order valence-electron chi connectivity index (χ1n) is 22.0. The van der Waals surface area contributed by atoms with E-state index in [1.807, 2.05) is 39.8 Å². The Morgan fingerprint density at radius 1 is 0.983 bits per heavy atom. The van der Waals surface area contributed by atoms with E-state index in [1.54, 1.807) is 26.8 Å². The topological polar surface area (TPSA) is 158 Å². The molecule has 14 atom stereocenters. The lowest BCUT2D eigenvalue weighted by Gasteiger charge is -2.47. The van der Waals surface area contributed by atoms with Gasteiger partial charge in [0.15, 0.2) is 0 Å². The molecule has 1 aliphatic carbocycles. The Morgan fingerprint density at radius 2 is 1.68 bits per heavy atom. The number of hydrogen-bond acceptors (Lipinski definition) is 11. The number of methoxy groups -OCH3 is 2. The normalized spacial score (nSPS) is 40.2. The van der Waals surface area contributed by atoms with E-state index in [0.717, 1.165) is 5.57 Å². The molecule has 3 fully saturated rings. The fourth-order valence-corrected chi connectivity index (χ4v) is 9.50. The highest BCUT2D eigenvalue weighted by atomic mass is 19.1. The molecule has 2 bridgehead atoms. The van der Waals surface area contributed by atoms with Crippen molar-refractivity contribution >= 4 is 23.4 Å². The molecule has 14 unspecified atom stereocenters. The van der Waals surface area contributed by atoms with Crippen LogP contribution in [0.2, 0.25) is 0 Å². The standard InChI is InChI=1S/C46H72FNO11/c1-10-12-21-57-37-26-32(17-19-36(37)50)22-30(6)41-27(3)16-18-35(49)33(11-2)23-28(4)40(47)29(5)24-38(55-8)42-39(56-9)25-31(7)46(54,59-42)43(51)44(52)48-20-14-13-15-34(48)45(53)58-41/h10,12,22-23,27,29,31-34,36-42,50,54H,11,13-21,24-26H2,1-9H3/b12-10+,28-23+,30-22?. The van der Waals surface area contributed by atoms with Gasteiger partial charge in [0.1, 0.15) is 30.2 Å². The van der Waals surface area contributed by atoms with Crippen LogP contribution in [0.3, 0.4) is 0 Å². The zero-order chi connectivity index (χ0) is 43.6. The van der Waals surface area contributed by atoms with Crippen molar-refractivity contribution in [1.82, 2.24) is 4.90 Å². The summed E-state index contributed by atoms with van der Waals surface area (Å²) >= 11 is 0. The Balaban J connectivity index is 1.74. The van der Waals surface area contributed by atoms with Gasteiger partial charge >= 0.3 is 5.97 Å². The Labute approximate surface area is 351 Å². The van der Waals surface area contributed by atoms with Crippen LogP contribution in [0.1, 0.15) is 119 Å². The lowest BCUT2D eigenvalue weighted by Crippen LogP contribution is -2.64. The minimum absolute atomic E-state index is 0.0307. The van der Waals surface area contributed by atoms with E-state index in [9.17, 15) is 29.4 Å². The third-order valence-corrected chi connectivity index (χ3v) is 13.3. The van der Waals surface area contributed by atoms with Crippen LogP contribution in [-0.4, -0.2) is 121 Å². The summed E-state index contributed by atoms with van der Waals surface area (Å²) < 4.78 is 46.3. The van der Waals surface area contributed by atoms with Crippen molar-refractivity contribution < 1.29 is 57.5 Å². The number of carbonyl (C=O) groups is 4. The van der Waals surface area contributed by atoms with Crippen LogP contribution in [0.25, 0.3) is 0 Å². The van der Waals surface area contributed by atoms with Crippen LogP contribution in [0, 0.1) is 29.6 Å². The number of fused-ring (bicyclic) bond motifs is 3. The molecule has 4 aliphatic rings. The molecule has 334 valence electrons. The van der Waals surface area contributed by atoms with E-state index in [1.165, 1.54) is 19.1 Å². The summed E-state index contributed by atoms with van der Waals surface area (Å²) in [5.74, 6) is -7.83. The van der Waals surface area contributed by atoms with E-state index in [4.69, 9.17) is 23.7 Å². The average Bonchev–Trinajstić information content (AvgIpc) is 3.23. The van der Waals surface area contributed by atoms with Crippen molar-refractivity contribution in [2.45, 2.75) is 174 Å². The van der Waals surface area contributed by atoms with Gasteiger partial charge in [-0.05, 0) is 114 Å². The van der Waals surface area contributed by atoms with Gasteiger partial charge in [0.05, 0.1) is 31.0 Å². The molecule has 2 saturated heterocycles. The summed E-state index contributed by atoms with van der Waals surface area (Å²) in [6.45, 7) is 13.1. The Morgan fingerprint density at radius 3 is 2.34 bits per heavy atom. The van der Waals surface area contributed by atoms with Gasteiger partial charge in [-0.1, -0.05) is 52.0 Å².